The van der Waals surface area contributed by atoms with Crippen molar-refractivity contribution >= 4 is 15.9 Å². The number of pyridine rings is 1. The van der Waals surface area contributed by atoms with Crippen LogP contribution in [0.15, 0.2) is 18.3 Å². The van der Waals surface area contributed by atoms with E-state index in [1.165, 1.54) is 29.7 Å². The highest BCUT2D eigenvalue weighted by Crippen LogP contribution is 2.12. The number of carbonyl (C=O) groups excluding carboxylic acids is 1. The van der Waals surface area contributed by atoms with Crippen molar-refractivity contribution in [1.82, 2.24) is 14.2 Å². The molecule has 1 amide bonds. The Morgan fingerprint density at radius 1 is 1.38 bits per heavy atom. The molecule has 0 N–H and O–H groups in total. The van der Waals surface area contributed by atoms with E-state index in [1.54, 1.807) is 4.90 Å². The van der Waals surface area contributed by atoms with Crippen molar-refractivity contribution in [2.75, 3.05) is 45.6 Å². The second-order valence-corrected chi connectivity index (χ2v) is 7.48. The van der Waals surface area contributed by atoms with Gasteiger partial charge in [-0.1, -0.05) is 0 Å². The number of ether oxygens (including phenoxy) is 1. The second-order valence-electron chi connectivity index (χ2n) is 5.40. The average Bonchev–Trinajstić information content (AvgIpc) is 2.61. The van der Waals surface area contributed by atoms with E-state index in [1.807, 2.05) is 6.07 Å². The van der Waals surface area contributed by atoms with Crippen molar-refractivity contribution in [3.8, 4) is 6.07 Å². The molecule has 0 aromatic carbocycles. The summed E-state index contributed by atoms with van der Waals surface area (Å²) >= 11 is 0. The fraction of sp³-hybridized carbons (Fsp3) is 0.533. The third-order valence-electron chi connectivity index (χ3n) is 3.78. The van der Waals surface area contributed by atoms with Crippen LogP contribution in [-0.2, 0) is 14.8 Å². The molecule has 0 saturated carbocycles. The van der Waals surface area contributed by atoms with E-state index in [4.69, 9.17) is 10.00 Å². The number of hydrogen-bond donors (Lipinski definition) is 0. The molecule has 0 spiro atoms. The van der Waals surface area contributed by atoms with Gasteiger partial charge in [-0.2, -0.15) is 9.57 Å². The Hall–Kier alpha value is -2.02. The molecule has 9 heteroatoms. The molecule has 0 atom stereocenters. The first-order valence-corrected chi connectivity index (χ1v) is 9.21. The average molecular weight is 352 g/mol. The van der Waals surface area contributed by atoms with Gasteiger partial charge in [-0.3, -0.25) is 9.78 Å². The number of rotatable bonds is 6. The van der Waals surface area contributed by atoms with E-state index >= 15 is 0 Å². The van der Waals surface area contributed by atoms with Crippen molar-refractivity contribution in [1.29, 1.82) is 5.26 Å². The van der Waals surface area contributed by atoms with Gasteiger partial charge in [-0.05, 0) is 18.6 Å². The van der Waals surface area contributed by atoms with Crippen molar-refractivity contribution in [2.24, 2.45) is 0 Å². The van der Waals surface area contributed by atoms with E-state index < -0.39 is 10.0 Å². The number of methoxy groups -OCH3 is 1. The number of piperazine rings is 1. The molecule has 1 aromatic rings. The lowest BCUT2D eigenvalue weighted by Crippen LogP contribution is -2.51. The smallest absolute Gasteiger partial charge is 0.272 e. The Morgan fingerprint density at radius 3 is 2.71 bits per heavy atom. The fourth-order valence-electron chi connectivity index (χ4n) is 2.46. The van der Waals surface area contributed by atoms with Gasteiger partial charge in [0.2, 0.25) is 10.0 Å². The molecular weight excluding hydrogens is 332 g/mol. The van der Waals surface area contributed by atoms with Crippen LogP contribution in [0.25, 0.3) is 0 Å². The quantitative estimate of drug-likeness (QED) is 0.672. The third-order valence-corrected chi connectivity index (χ3v) is 5.73. The first-order chi connectivity index (χ1) is 11.5. The van der Waals surface area contributed by atoms with Crippen molar-refractivity contribution in [3.05, 3.63) is 29.6 Å². The molecule has 0 radical (unpaired) electrons. The summed E-state index contributed by atoms with van der Waals surface area (Å²) < 4.78 is 30.7. The zero-order valence-electron chi connectivity index (χ0n) is 13.5. The Balaban J connectivity index is 1.94. The van der Waals surface area contributed by atoms with Crippen LogP contribution in [0, 0.1) is 11.3 Å². The van der Waals surface area contributed by atoms with Gasteiger partial charge in [-0.25, -0.2) is 8.42 Å². The molecule has 1 aliphatic rings. The minimum Gasteiger partial charge on any atom is -0.385 e. The molecule has 0 unspecified atom stereocenters. The molecule has 1 saturated heterocycles. The lowest BCUT2D eigenvalue weighted by Gasteiger charge is -2.33. The van der Waals surface area contributed by atoms with E-state index in [9.17, 15) is 13.2 Å². The molecule has 1 aromatic heterocycles. The summed E-state index contributed by atoms with van der Waals surface area (Å²) in [5.74, 6) is -0.246. The highest BCUT2D eigenvalue weighted by atomic mass is 32.2. The molecule has 1 fully saturated rings. The van der Waals surface area contributed by atoms with Crippen molar-refractivity contribution in [2.45, 2.75) is 6.42 Å². The Labute approximate surface area is 141 Å². The summed E-state index contributed by atoms with van der Waals surface area (Å²) in [5, 5.41) is 8.88. The van der Waals surface area contributed by atoms with Crippen LogP contribution in [0.1, 0.15) is 22.5 Å². The SMILES string of the molecule is COCCCS(=O)(=O)N1CCN(C(=O)c2cc(C#N)ccn2)CC1. The van der Waals surface area contributed by atoms with Gasteiger partial charge in [0.15, 0.2) is 0 Å². The number of hydrogen-bond acceptors (Lipinski definition) is 6. The molecule has 130 valence electrons. The van der Waals surface area contributed by atoms with Crippen LogP contribution >= 0.6 is 0 Å². The molecule has 24 heavy (non-hydrogen) atoms. The normalized spacial score (nSPS) is 15.9. The van der Waals surface area contributed by atoms with Crippen molar-refractivity contribution in [3.63, 3.8) is 0 Å². The Kier molecular flexibility index (Phi) is 6.25. The summed E-state index contributed by atoms with van der Waals surface area (Å²) in [6.45, 7) is 1.54. The van der Waals surface area contributed by atoms with Gasteiger partial charge in [0, 0.05) is 46.1 Å². The number of amides is 1. The van der Waals surface area contributed by atoms with E-state index in [2.05, 4.69) is 4.98 Å². The molecular formula is C15H20N4O4S. The molecule has 2 rings (SSSR count). The Bertz CT molecular complexity index is 721. The zero-order valence-corrected chi connectivity index (χ0v) is 14.3. The van der Waals surface area contributed by atoms with Gasteiger partial charge in [-0.15, -0.1) is 0 Å². The first-order valence-electron chi connectivity index (χ1n) is 7.60. The van der Waals surface area contributed by atoms with Gasteiger partial charge < -0.3 is 9.64 Å². The van der Waals surface area contributed by atoms with Gasteiger partial charge in [0.1, 0.15) is 5.69 Å². The highest BCUT2D eigenvalue weighted by Gasteiger charge is 2.29. The summed E-state index contributed by atoms with van der Waals surface area (Å²) in [4.78, 5) is 18.0. The number of carbonyl (C=O) groups is 1. The van der Waals surface area contributed by atoms with E-state index in [-0.39, 0.29) is 30.4 Å². The van der Waals surface area contributed by atoms with E-state index in [0.29, 0.717) is 31.7 Å². The zero-order chi connectivity index (χ0) is 17.6. The molecule has 8 nitrogen and oxygen atoms in total. The monoisotopic (exact) mass is 352 g/mol. The second kappa shape index (κ2) is 8.19. The Morgan fingerprint density at radius 2 is 2.08 bits per heavy atom. The van der Waals surface area contributed by atoms with Gasteiger partial charge >= 0.3 is 0 Å². The molecule has 2 heterocycles. The minimum absolute atomic E-state index is 0.0422. The van der Waals surface area contributed by atoms with Gasteiger partial charge in [0.05, 0.1) is 17.4 Å². The molecule has 0 bridgehead atoms. The summed E-state index contributed by atoms with van der Waals surface area (Å²) in [6.07, 6.45) is 1.87. The largest absolute Gasteiger partial charge is 0.385 e. The van der Waals surface area contributed by atoms with Crippen LogP contribution in [0.5, 0.6) is 0 Å². The summed E-state index contributed by atoms with van der Waals surface area (Å²) in [7, 11) is -1.79. The van der Waals surface area contributed by atoms with Crippen LogP contribution in [0.2, 0.25) is 0 Å². The summed E-state index contributed by atoms with van der Waals surface area (Å²) in [6, 6.07) is 4.94. The van der Waals surface area contributed by atoms with Crippen LogP contribution < -0.4 is 0 Å². The first kappa shape index (κ1) is 18.3. The van der Waals surface area contributed by atoms with Crippen molar-refractivity contribution < 1.29 is 17.9 Å². The van der Waals surface area contributed by atoms with Crippen LogP contribution in [-0.4, -0.2) is 74.2 Å². The topological polar surface area (TPSA) is 104 Å². The lowest BCUT2D eigenvalue weighted by atomic mass is 10.2. The molecule has 1 aliphatic heterocycles. The third kappa shape index (κ3) is 4.50. The number of nitrogens with zero attached hydrogens (tertiary/aromatic N) is 4. The number of sulfonamides is 1. The lowest BCUT2D eigenvalue weighted by molar-refractivity contribution is 0.0692. The van der Waals surface area contributed by atoms with Gasteiger partial charge in [0.25, 0.3) is 5.91 Å². The van der Waals surface area contributed by atoms with Crippen LogP contribution in [0.4, 0.5) is 0 Å². The number of nitriles is 1. The summed E-state index contributed by atoms with van der Waals surface area (Å²) in [5.41, 5.74) is 0.568. The predicted molar refractivity (Wildman–Crippen MR) is 86.7 cm³/mol. The predicted octanol–water partition coefficient (Wildman–Crippen LogP) is 0.0774. The standard InChI is InChI=1S/C15H20N4O4S/c1-23-9-2-10-24(21,22)19-7-5-18(6-8-19)15(20)14-11-13(12-16)3-4-17-14/h3-4,11H,2,5-10H2,1H3. The maximum atomic E-state index is 12.4. The fourth-order valence-corrected chi connectivity index (χ4v) is 3.92. The number of aromatic nitrogens is 1. The van der Waals surface area contributed by atoms with E-state index in [0.717, 1.165) is 0 Å². The highest BCUT2D eigenvalue weighted by molar-refractivity contribution is 7.89. The van der Waals surface area contributed by atoms with Crippen LogP contribution in [0.3, 0.4) is 0 Å². The maximum absolute atomic E-state index is 12.4. The maximum Gasteiger partial charge on any atom is 0.272 e. The minimum atomic E-state index is -3.32. The molecule has 0 aliphatic carbocycles.